The Morgan fingerprint density at radius 1 is 1.17 bits per heavy atom. The lowest BCUT2D eigenvalue weighted by atomic mass is 10.2. The molecule has 0 bridgehead atoms. The summed E-state index contributed by atoms with van der Waals surface area (Å²) in [6.45, 7) is 1.13. The first-order valence-corrected chi connectivity index (χ1v) is 8.85. The maximum Gasteiger partial charge on any atom is 0.269 e. The molecule has 1 aliphatic rings. The van der Waals surface area contributed by atoms with Crippen LogP contribution in [0.3, 0.4) is 0 Å². The van der Waals surface area contributed by atoms with Gasteiger partial charge in [0.1, 0.15) is 11.4 Å². The number of benzene rings is 2. The van der Waals surface area contributed by atoms with Gasteiger partial charge in [-0.1, -0.05) is 29.8 Å². The lowest BCUT2D eigenvalue weighted by molar-refractivity contribution is -0.116. The van der Waals surface area contributed by atoms with E-state index >= 15 is 0 Å². The fourth-order valence-electron chi connectivity index (χ4n) is 2.45. The molecule has 2 aromatic carbocycles. The molecular weight excluding hydrogens is 352 g/mol. The molecule has 0 saturated carbocycles. The molecule has 2 amide bonds. The highest BCUT2D eigenvalue weighted by Crippen LogP contribution is 2.30. The first kappa shape index (κ1) is 16.5. The number of carbonyl (C=O) groups excluding carboxylic acids is 2. The zero-order chi connectivity index (χ0) is 17.5. The number of nitrogens with zero attached hydrogens (tertiary/aromatic N) is 1. The van der Waals surface area contributed by atoms with E-state index in [0.29, 0.717) is 20.6 Å². The molecule has 0 aromatic heterocycles. The zero-order valence-corrected chi connectivity index (χ0v) is 14.2. The van der Waals surface area contributed by atoms with Crippen LogP contribution in [-0.4, -0.2) is 31.1 Å². The third-order valence-corrected chi connectivity index (χ3v) is 5.94. The number of hydrogen-bond donors (Lipinski definition) is 1. The summed E-state index contributed by atoms with van der Waals surface area (Å²) in [5.74, 6) is -1.33. The van der Waals surface area contributed by atoms with Crippen molar-refractivity contribution >= 4 is 39.1 Å². The number of hydrogen-bond acceptors (Lipinski definition) is 4. The number of nitrogens with one attached hydrogen (secondary N) is 1. The maximum atomic E-state index is 12.4. The van der Waals surface area contributed by atoms with Crippen molar-refractivity contribution in [2.24, 2.45) is 0 Å². The molecule has 0 radical (unpaired) electrons. The highest BCUT2D eigenvalue weighted by Gasteiger charge is 2.41. The van der Waals surface area contributed by atoms with Crippen LogP contribution in [0, 0.1) is 6.92 Å². The predicted molar refractivity (Wildman–Crippen MR) is 89.5 cm³/mol. The zero-order valence-electron chi connectivity index (χ0n) is 12.6. The molecule has 0 fully saturated rings. The molecule has 2 aromatic rings. The van der Waals surface area contributed by atoms with Crippen LogP contribution in [0.4, 0.5) is 5.69 Å². The van der Waals surface area contributed by atoms with E-state index in [1.54, 1.807) is 31.2 Å². The van der Waals surface area contributed by atoms with E-state index < -0.39 is 28.4 Å². The van der Waals surface area contributed by atoms with Crippen molar-refractivity contribution in [2.45, 2.75) is 11.8 Å². The lowest BCUT2D eigenvalue weighted by Crippen LogP contribution is -2.37. The average molecular weight is 365 g/mol. The summed E-state index contributed by atoms with van der Waals surface area (Å²) in [6.07, 6.45) is 0. The van der Waals surface area contributed by atoms with Gasteiger partial charge < -0.3 is 5.32 Å². The fourth-order valence-corrected chi connectivity index (χ4v) is 4.15. The summed E-state index contributed by atoms with van der Waals surface area (Å²) in [6, 6.07) is 10.9. The number of rotatable bonds is 3. The summed E-state index contributed by atoms with van der Waals surface area (Å²) < 4.78 is 25.4. The van der Waals surface area contributed by atoms with Crippen LogP contribution in [0.25, 0.3) is 0 Å². The Morgan fingerprint density at radius 2 is 1.88 bits per heavy atom. The van der Waals surface area contributed by atoms with Crippen molar-refractivity contribution in [3.05, 3.63) is 58.6 Å². The molecule has 1 heterocycles. The third-order valence-electron chi connectivity index (χ3n) is 3.74. The summed E-state index contributed by atoms with van der Waals surface area (Å²) in [5.41, 5.74) is 1.20. The Balaban J connectivity index is 1.83. The van der Waals surface area contributed by atoms with E-state index in [1.807, 2.05) is 0 Å². The van der Waals surface area contributed by atoms with Crippen LogP contribution in [0.5, 0.6) is 0 Å². The van der Waals surface area contributed by atoms with Gasteiger partial charge in [0, 0.05) is 10.7 Å². The molecule has 124 valence electrons. The molecule has 1 aliphatic heterocycles. The molecule has 3 rings (SSSR count). The van der Waals surface area contributed by atoms with Crippen molar-refractivity contribution in [2.75, 3.05) is 11.9 Å². The van der Waals surface area contributed by atoms with Gasteiger partial charge in [0.15, 0.2) is 0 Å². The monoisotopic (exact) mass is 364 g/mol. The van der Waals surface area contributed by atoms with Crippen LogP contribution in [-0.2, 0) is 14.8 Å². The molecule has 0 spiro atoms. The number of carbonyl (C=O) groups is 2. The Hall–Kier alpha value is -2.38. The first-order chi connectivity index (χ1) is 11.3. The molecule has 24 heavy (non-hydrogen) atoms. The Kier molecular flexibility index (Phi) is 4.06. The minimum atomic E-state index is -4.00. The van der Waals surface area contributed by atoms with E-state index in [9.17, 15) is 18.0 Å². The quantitative estimate of drug-likeness (QED) is 0.906. The largest absolute Gasteiger partial charge is 0.324 e. The molecule has 1 N–H and O–H groups in total. The molecule has 8 heteroatoms. The summed E-state index contributed by atoms with van der Waals surface area (Å²) in [7, 11) is -4.00. The fraction of sp³-hybridized carbons (Fsp3) is 0.125. The van der Waals surface area contributed by atoms with Gasteiger partial charge in [0.2, 0.25) is 5.91 Å². The van der Waals surface area contributed by atoms with Gasteiger partial charge in [-0.3, -0.25) is 9.59 Å². The molecule has 0 aliphatic carbocycles. The molecule has 0 atom stereocenters. The van der Waals surface area contributed by atoms with Gasteiger partial charge >= 0.3 is 0 Å². The number of amides is 2. The van der Waals surface area contributed by atoms with Gasteiger partial charge in [-0.05, 0) is 36.8 Å². The molecular formula is C16H13ClN2O4S. The van der Waals surface area contributed by atoms with Crippen molar-refractivity contribution in [1.29, 1.82) is 0 Å². The number of anilines is 1. The number of halogens is 1. The molecule has 6 nitrogen and oxygen atoms in total. The minimum Gasteiger partial charge on any atom is -0.324 e. The summed E-state index contributed by atoms with van der Waals surface area (Å²) >= 11 is 5.99. The maximum absolute atomic E-state index is 12.4. The van der Waals surface area contributed by atoms with Gasteiger partial charge in [0.25, 0.3) is 15.9 Å². The van der Waals surface area contributed by atoms with Crippen molar-refractivity contribution in [3.63, 3.8) is 0 Å². The summed E-state index contributed by atoms with van der Waals surface area (Å²) in [5, 5.41) is 3.06. The Morgan fingerprint density at radius 3 is 2.58 bits per heavy atom. The second-order valence-corrected chi connectivity index (χ2v) is 7.51. The number of fused-ring (bicyclic) bond motifs is 1. The molecule has 0 saturated heterocycles. The predicted octanol–water partition coefficient (Wildman–Crippen LogP) is 2.43. The second kappa shape index (κ2) is 5.92. The van der Waals surface area contributed by atoms with Gasteiger partial charge in [0.05, 0.1) is 5.56 Å². The minimum absolute atomic E-state index is 0.0734. The van der Waals surface area contributed by atoms with Crippen LogP contribution in [0.15, 0.2) is 47.4 Å². The lowest BCUT2D eigenvalue weighted by Gasteiger charge is -2.15. The standard InChI is InChI=1S/C16H13ClN2O4S/c1-10-12(17)6-4-7-13(10)18-15(20)9-19-16(21)11-5-2-3-8-14(11)24(19,22)23/h2-8H,9H2,1H3,(H,18,20). The second-order valence-electron chi connectivity index (χ2n) is 5.27. The Labute approximate surface area is 144 Å². The van der Waals surface area contributed by atoms with Crippen molar-refractivity contribution in [3.8, 4) is 0 Å². The van der Waals surface area contributed by atoms with E-state index in [4.69, 9.17) is 11.6 Å². The van der Waals surface area contributed by atoms with Crippen LogP contribution in [0.1, 0.15) is 15.9 Å². The molecule has 0 unspecified atom stereocenters. The van der Waals surface area contributed by atoms with E-state index in [2.05, 4.69) is 5.32 Å². The topological polar surface area (TPSA) is 83.6 Å². The van der Waals surface area contributed by atoms with Gasteiger partial charge in [-0.25, -0.2) is 12.7 Å². The van der Waals surface area contributed by atoms with Crippen LogP contribution < -0.4 is 5.32 Å². The highest BCUT2D eigenvalue weighted by atomic mass is 35.5. The number of sulfonamides is 1. The third kappa shape index (κ3) is 2.65. The van der Waals surface area contributed by atoms with Crippen molar-refractivity contribution in [1.82, 2.24) is 4.31 Å². The SMILES string of the molecule is Cc1c(Cl)cccc1NC(=O)CN1C(=O)c2ccccc2S1(=O)=O. The van der Waals surface area contributed by atoms with Crippen LogP contribution in [0.2, 0.25) is 5.02 Å². The normalized spacial score (nSPS) is 15.2. The van der Waals surface area contributed by atoms with E-state index in [1.165, 1.54) is 18.2 Å². The first-order valence-electron chi connectivity index (χ1n) is 7.03. The van der Waals surface area contributed by atoms with E-state index in [0.717, 1.165) is 0 Å². The Bertz CT molecular complexity index is 956. The smallest absolute Gasteiger partial charge is 0.269 e. The van der Waals surface area contributed by atoms with Crippen molar-refractivity contribution < 1.29 is 18.0 Å². The average Bonchev–Trinajstić information content (AvgIpc) is 2.73. The van der Waals surface area contributed by atoms with Crippen LogP contribution >= 0.6 is 11.6 Å². The van der Waals surface area contributed by atoms with E-state index in [-0.39, 0.29) is 10.5 Å². The van der Waals surface area contributed by atoms with Gasteiger partial charge in [-0.15, -0.1) is 0 Å². The summed E-state index contributed by atoms with van der Waals surface area (Å²) in [4.78, 5) is 24.4. The highest BCUT2D eigenvalue weighted by molar-refractivity contribution is 7.90. The van der Waals surface area contributed by atoms with Gasteiger partial charge in [-0.2, -0.15) is 0 Å².